The van der Waals surface area contributed by atoms with Crippen molar-refractivity contribution in [3.8, 4) is 0 Å². The fourth-order valence-corrected chi connectivity index (χ4v) is 0.867. The highest BCUT2D eigenvalue weighted by Crippen LogP contribution is 1.90. The number of carbonyl (C=O) groups excluding carboxylic acids is 1. The van der Waals surface area contributed by atoms with E-state index in [4.69, 9.17) is 4.74 Å². The van der Waals surface area contributed by atoms with Crippen LogP contribution >= 0.6 is 0 Å². The Morgan fingerprint density at radius 1 is 1.33 bits per heavy atom. The Balaban J connectivity index is 3.03. The van der Waals surface area contributed by atoms with E-state index in [-0.39, 0.29) is 5.91 Å². The summed E-state index contributed by atoms with van der Waals surface area (Å²) >= 11 is 0. The molecule has 1 N–H and O–H groups in total. The van der Waals surface area contributed by atoms with Gasteiger partial charge < -0.3 is 10.1 Å². The van der Waals surface area contributed by atoms with E-state index in [2.05, 4.69) is 12.2 Å². The summed E-state index contributed by atoms with van der Waals surface area (Å²) in [5, 5.41) is 2.74. The summed E-state index contributed by atoms with van der Waals surface area (Å²) in [5.74, 6) is 0.123. The maximum atomic E-state index is 10.9. The van der Waals surface area contributed by atoms with Crippen LogP contribution in [0.3, 0.4) is 0 Å². The molecule has 0 aliphatic rings. The first kappa shape index (κ1) is 11.4. The molecular formula is C9H19NO2. The van der Waals surface area contributed by atoms with Crippen LogP contribution in [-0.2, 0) is 9.53 Å². The Kier molecular flexibility index (Phi) is 8.12. The van der Waals surface area contributed by atoms with Crippen molar-refractivity contribution in [2.24, 2.45) is 0 Å². The first-order valence-electron chi connectivity index (χ1n) is 4.65. The number of amides is 1. The van der Waals surface area contributed by atoms with Crippen LogP contribution in [0.4, 0.5) is 0 Å². The molecule has 0 unspecified atom stereocenters. The maximum absolute atomic E-state index is 10.9. The molecule has 0 saturated carbocycles. The van der Waals surface area contributed by atoms with Crippen LogP contribution in [0.15, 0.2) is 0 Å². The van der Waals surface area contributed by atoms with Crippen LogP contribution in [0.5, 0.6) is 0 Å². The second-order valence-corrected chi connectivity index (χ2v) is 2.67. The normalized spacial score (nSPS) is 9.83. The molecule has 0 aromatic heterocycles. The van der Waals surface area contributed by atoms with Crippen molar-refractivity contribution in [1.82, 2.24) is 5.32 Å². The van der Waals surface area contributed by atoms with Gasteiger partial charge in [-0.3, -0.25) is 4.79 Å². The zero-order valence-electron chi connectivity index (χ0n) is 8.06. The van der Waals surface area contributed by atoms with Gasteiger partial charge in [-0.2, -0.15) is 0 Å². The molecule has 72 valence electrons. The molecule has 0 aromatic carbocycles. The van der Waals surface area contributed by atoms with Crippen LogP contribution in [0.25, 0.3) is 0 Å². The number of nitrogens with one attached hydrogen (secondary N) is 1. The van der Waals surface area contributed by atoms with Crippen LogP contribution in [0.2, 0.25) is 0 Å². The quantitative estimate of drug-likeness (QED) is 0.590. The SMILES string of the molecule is CCCOCCCC(=O)NCC. The molecule has 3 nitrogen and oxygen atoms in total. The van der Waals surface area contributed by atoms with Gasteiger partial charge in [-0.1, -0.05) is 6.92 Å². The van der Waals surface area contributed by atoms with E-state index in [9.17, 15) is 4.79 Å². The molecule has 12 heavy (non-hydrogen) atoms. The highest BCUT2D eigenvalue weighted by atomic mass is 16.5. The van der Waals surface area contributed by atoms with Gasteiger partial charge in [0.1, 0.15) is 0 Å². The van der Waals surface area contributed by atoms with Gasteiger partial charge in [0.25, 0.3) is 0 Å². The molecule has 0 spiro atoms. The largest absolute Gasteiger partial charge is 0.381 e. The van der Waals surface area contributed by atoms with Crippen molar-refractivity contribution < 1.29 is 9.53 Å². The predicted molar refractivity (Wildman–Crippen MR) is 49.0 cm³/mol. The van der Waals surface area contributed by atoms with E-state index in [1.807, 2.05) is 6.92 Å². The third-order valence-electron chi connectivity index (χ3n) is 1.41. The molecule has 0 heterocycles. The summed E-state index contributed by atoms with van der Waals surface area (Å²) in [6.45, 7) is 6.21. The van der Waals surface area contributed by atoms with Gasteiger partial charge in [0.2, 0.25) is 5.91 Å². The highest BCUT2D eigenvalue weighted by molar-refractivity contribution is 5.75. The summed E-state index contributed by atoms with van der Waals surface area (Å²) in [7, 11) is 0. The molecule has 0 aliphatic carbocycles. The van der Waals surface area contributed by atoms with E-state index >= 15 is 0 Å². The van der Waals surface area contributed by atoms with Crippen LogP contribution in [0.1, 0.15) is 33.1 Å². The molecule has 0 aliphatic heterocycles. The fourth-order valence-electron chi connectivity index (χ4n) is 0.867. The van der Waals surface area contributed by atoms with Crippen molar-refractivity contribution in [2.75, 3.05) is 19.8 Å². The maximum Gasteiger partial charge on any atom is 0.220 e. The lowest BCUT2D eigenvalue weighted by molar-refractivity contribution is -0.121. The van der Waals surface area contributed by atoms with E-state index in [0.29, 0.717) is 19.6 Å². The summed E-state index contributed by atoms with van der Waals surface area (Å²) in [6, 6.07) is 0. The minimum atomic E-state index is 0.123. The van der Waals surface area contributed by atoms with Crippen LogP contribution in [-0.4, -0.2) is 25.7 Å². The van der Waals surface area contributed by atoms with Gasteiger partial charge in [0.15, 0.2) is 0 Å². The third-order valence-corrected chi connectivity index (χ3v) is 1.41. The standard InChI is InChI=1S/C9H19NO2/c1-3-7-12-8-5-6-9(11)10-4-2/h3-8H2,1-2H3,(H,10,11). The van der Waals surface area contributed by atoms with Crippen molar-refractivity contribution in [1.29, 1.82) is 0 Å². The fraction of sp³-hybridized carbons (Fsp3) is 0.889. The molecule has 0 atom stereocenters. The smallest absolute Gasteiger partial charge is 0.220 e. The number of carbonyl (C=O) groups is 1. The molecule has 0 saturated heterocycles. The molecule has 0 aromatic rings. The zero-order valence-corrected chi connectivity index (χ0v) is 8.06. The lowest BCUT2D eigenvalue weighted by Crippen LogP contribution is -2.22. The van der Waals surface area contributed by atoms with Gasteiger partial charge in [0.05, 0.1) is 0 Å². The Labute approximate surface area is 74.5 Å². The first-order chi connectivity index (χ1) is 5.81. The van der Waals surface area contributed by atoms with Gasteiger partial charge in [-0.05, 0) is 19.8 Å². The van der Waals surface area contributed by atoms with Crippen molar-refractivity contribution in [3.63, 3.8) is 0 Å². The topological polar surface area (TPSA) is 38.3 Å². The Bertz CT molecular complexity index is 115. The zero-order chi connectivity index (χ0) is 9.23. The minimum absolute atomic E-state index is 0.123. The van der Waals surface area contributed by atoms with Crippen molar-refractivity contribution in [2.45, 2.75) is 33.1 Å². The molecule has 0 fully saturated rings. The van der Waals surface area contributed by atoms with E-state index < -0.39 is 0 Å². The van der Waals surface area contributed by atoms with Gasteiger partial charge in [-0.25, -0.2) is 0 Å². The number of hydrogen-bond acceptors (Lipinski definition) is 2. The monoisotopic (exact) mass is 173 g/mol. The lowest BCUT2D eigenvalue weighted by Gasteiger charge is -2.02. The minimum Gasteiger partial charge on any atom is -0.381 e. The van der Waals surface area contributed by atoms with Crippen LogP contribution < -0.4 is 5.32 Å². The summed E-state index contributed by atoms with van der Waals surface area (Å²) < 4.78 is 5.23. The van der Waals surface area contributed by atoms with Gasteiger partial charge >= 0.3 is 0 Å². The second-order valence-electron chi connectivity index (χ2n) is 2.67. The Morgan fingerprint density at radius 2 is 2.08 bits per heavy atom. The molecular weight excluding hydrogens is 154 g/mol. The Hall–Kier alpha value is -0.570. The number of hydrogen-bond donors (Lipinski definition) is 1. The van der Waals surface area contributed by atoms with Crippen molar-refractivity contribution >= 4 is 5.91 Å². The summed E-state index contributed by atoms with van der Waals surface area (Å²) in [4.78, 5) is 10.9. The Morgan fingerprint density at radius 3 is 2.67 bits per heavy atom. The highest BCUT2D eigenvalue weighted by Gasteiger charge is 1.97. The molecule has 3 heteroatoms. The lowest BCUT2D eigenvalue weighted by atomic mass is 10.3. The van der Waals surface area contributed by atoms with E-state index in [0.717, 1.165) is 19.4 Å². The molecule has 0 bridgehead atoms. The second kappa shape index (κ2) is 8.53. The van der Waals surface area contributed by atoms with Gasteiger partial charge in [-0.15, -0.1) is 0 Å². The predicted octanol–water partition coefficient (Wildman–Crippen LogP) is 1.33. The first-order valence-corrected chi connectivity index (χ1v) is 4.65. The van der Waals surface area contributed by atoms with Crippen molar-refractivity contribution in [3.05, 3.63) is 0 Å². The number of ether oxygens (including phenoxy) is 1. The van der Waals surface area contributed by atoms with Gasteiger partial charge in [0, 0.05) is 26.2 Å². The van der Waals surface area contributed by atoms with E-state index in [1.54, 1.807) is 0 Å². The molecule has 1 amide bonds. The van der Waals surface area contributed by atoms with E-state index in [1.165, 1.54) is 0 Å². The average molecular weight is 173 g/mol. The van der Waals surface area contributed by atoms with Crippen LogP contribution in [0, 0.1) is 0 Å². The summed E-state index contributed by atoms with van der Waals surface area (Å²) in [6.07, 6.45) is 2.45. The average Bonchev–Trinajstić information content (AvgIpc) is 2.05. The molecule has 0 rings (SSSR count). The number of rotatable bonds is 7. The molecule has 0 radical (unpaired) electrons. The third kappa shape index (κ3) is 7.54. The summed E-state index contributed by atoms with van der Waals surface area (Å²) in [5.41, 5.74) is 0.